The molecule has 0 bridgehead atoms. The maximum Gasteiger partial charge on any atom is 0.338 e. The summed E-state index contributed by atoms with van der Waals surface area (Å²) in [6, 6.07) is 21.5. The number of carbonyl (C=O) groups is 3. The smallest absolute Gasteiger partial charge is 0.338 e. The molecule has 5 rings (SSSR count). The fourth-order valence-electron chi connectivity index (χ4n) is 5.36. The van der Waals surface area contributed by atoms with E-state index in [-0.39, 0.29) is 24.0 Å². The fourth-order valence-corrected chi connectivity index (χ4v) is 5.36. The Bertz CT molecular complexity index is 1700. The number of hydrogen-bond donors (Lipinski definition) is 1. The highest BCUT2D eigenvalue weighted by Crippen LogP contribution is 2.35. The van der Waals surface area contributed by atoms with Gasteiger partial charge in [0.2, 0.25) is 17.7 Å². The highest BCUT2D eigenvalue weighted by atomic mass is 16.5. The summed E-state index contributed by atoms with van der Waals surface area (Å²) < 4.78 is 6.32. The van der Waals surface area contributed by atoms with Crippen LogP contribution < -0.4 is 4.90 Å². The molecule has 44 heavy (non-hydrogen) atoms. The van der Waals surface area contributed by atoms with Crippen molar-refractivity contribution in [2.45, 2.75) is 13.8 Å². The minimum Gasteiger partial charge on any atom is -0.494 e. The molecule has 10 heteroatoms. The third kappa shape index (κ3) is 6.41. The van der Waals surface area contributed by atoms with Gasteiger partial charge in [-0.05, 0) is 50.4 Å². The predicted octanol–water partition coefficient (Wildman–Crippen LogP) is 4.56. The second kappa shape index (κ2) is 13.2. The number of aromatic hydroxyl groups is 1. The van der Waals surface area contributed by atoms with Crippen molar-refractivity contribution in [1.29, 1.82) is 0 Å². The SMILES string of the molecule is CCOC(=O)c1ccc2c(C(=Nc3ccc(N(C)C(=O)CN4CCN(C)CC4)cc3)c3ccccc3)c(O)n(C(C)=O)c2c1. The number of hydrogen-bond acceptors (Lipinski definition) is 8. The number of ether oxygens (including phenoxy) is 1. The van der Waals surface area contributed by atoms with E-state index in [0.717, 1.165) is 37.4 Å². The van der Waals surface area contributed by atoms with Crippen LogP contribution in [-0.2, 0) is 9.53 Å². The molecule has 1 saturated heterocycles. The van der Waals surface area contributed by atoms with Crippen molar-refractivity contribution < 1.29 is 24.2 Å². The van der Waals surface area contributed by atoms with Crippen LogP contribution in [0.5, 0.6) is 5.88 Å². The summed E-state index contributed by atoms with van der Waals surface area (Å²) in [5.74, 6) is -1.20. The molecule has 0 aliphatic carbocycles. The van der Waals surface area contributed by atoms with Gasteiger partial charge in [0.15, 0.2) is 0 Å². The average Bonchev–Trinajstić information content (AvgIpc) is 3.32. The van der Waals surface area contributed by atoms with Gasteiger partial charge in [0.25, 0.3) is 0 Å². The minimum absolute atomic E-state index is 0.0138. The van der Waals surface area contributed by atoms with Gasteiger partial charge in [-0.3, -0.25) is 19.1 Å². The van der Waals surface area contributed by atoms with Crippen molar-refractivity contribution in [3.05, 3.63) is 89.5 Å². The van der Waals surface area contributed by atoms with Gasteiger partial charge in [-0.2, -0.15) is 0 Å². The van der Waals surface area contributed by atoms with Gasteiger partial charge in [0.05, 0.1) is 41.2 Å². The van der Waals surface area contributed by atoms with E-state index in [2.05, 4.69) is 16.8 Å². The standard InChI is InChI=1S/C34H37N5O5/c1-5-44-34(43)25-11-16-28-29(21-25)39(23(2)40)33(42)31(28)32(24-9-7-6-8-10-24)35-26-12-14-27(15-13-26)37(4)30(41)22-38-19-17-36(3)18-20-38/h6-16,21,42H,5,17-20,22H2,1-4H3. The predicted molar refractivity (Wildman–Crippen MR) is 171 cm³/mol. The number of fused-ring (bicyclic) bond motifs is 1. The number of carbonyl (C=O) groups excluding carboxylic acids is 3. The Labute approximate surface area is 256 Å². The molecular formula is C34H37N5O5. The Morgan fingerprint density at radius 2 is 1.61 bits per heavy atom. The van der Waals surface area contributed by atoms with Crippen molar-refractivity contribution >= 4 is 45.8 Å². The van der Waals surface area contributed by atoms with Crippen molar-refractivity contribution in [2.24, 2.45) is 4.99 Å². The molecule has 1 aliphatic heterocycles. The van der Waals surface area contributed by atoms with Gasteiger partial charge < -0.3 is 19.6 Å². The molecule has 4 aromatic rings. The van der Waals surface area contributed by atoms with Crippen LogP contribution in [0.2, 0.25) is 0 Å². The number of amides is 1. The number of esters is 1. The van der Waals surface area contributed by atoms with Crippen LogP contribution in [0, 0.1) is 0 Å². The molecule has 1 N–H and O–H groups in total. The highest BCUT2D eigenvalue weighted by Gasteiger charge is 2.25. The van der Waals surface area contributed by atoms with E-state index in [1.165, 1.54) is 11.5 Å². The zero-order chi connectivity index (χ0) is 31.4. The van der Waals surface area contributed by atoms with Gasteiger partial charge in [0, 0.05) is 56.8 Å². The van der Waals surface area contributed by atoms with E-state index in [9.17, 15) is 19.5 Å². The topological polar surface area (TPSA) is 108 Å². The molecular weight excluding hydrogens is 558 g/mol. The van der Waals surface area contributed by atoms with Crippen LogP contribution in [0.4, 0.5) is 11.4 Å². The van der Waals surface area contributed by atoms with Crippen molar-refractivity contribution in [2.75, 3.05) is 58.3 Å². The first kappa shape index (κ1) is 30.7. The van der Waals surface area contributed by atoms with Crippen molar-refractivity contribution in [1.82, 2.24) is 14.4 Å². The summed E-state index contributed by atoms with van der Waals surface area (Å²) in [4.78, 5) is 49.2. The number of nitrogens with zero attached hydrogens (tertiary/aromatic N) is 5. The lowest BCUT2D eigenvalue weighted by Gasteiger charge is -2.32. The second-order valence-corrected chi connectivity index (χ2v) is 10.9. The Kier molecular flexibility index (Phi) is 9.22. The van der Waals surface area contributed by atoms with E-state index in [1.54, 1.807) is 37.1 Å². The summed E-state index contributed by atoms with van der Waals surface area (Å²) in [5.41, 5.74) is 3.51. The zero-order valence-electron chi connectivity index (χ0n) is 25.5. The first-order chi connectivity index (χ1) is 21.2. The molecule has 1 aromatic heterocycles. The molecule has 0 radical (unpaired) electrons. The number of aromatic nitrogens is 1. The first-order valence-electron chi connectivity index (χ1n) is 14.7. The van der Waals surface area contributed by atoms with E-state index >= 15 is 0 Å². The molecule has 228 valence electrons. The maximum absolute atomic E-state index is 13.0. The number of aliphatic imine (C=N–C) groups is 1. The summed E-state index contributed by atoms with van der Waals surface area (Å²) in [6.45, 7) is 7.26. The summed E-state index contributed by atoms with van der Waals surface area (Å²) in [7, 11) is 3.86. The van der Waals surface area contributed by atoms with Gasteiger partial charge in [0.1, 0.15) is 0 Å². The van der Waals surface area contributed by atoms with Crippen LogP contribution in [0.15, 0.2) is 77.8 Å². The number of rotatable bonds is 8. The van der Waals surface area contributed by atoms with E-state index < -0.39 is 11.9 Å². The van der Waals surface area contributed by atoms with Crippen molar-refractivity contribution in [3.8, 4) is 5.88 Å². The van der Waals surface area contributed by atoms with E-state index in [4.69, 9.17) is 9.73 Å². The van der Waals surface area contributed by atoms with Gasteiger partial charge in [-0.1, -0.05) is 36.4 Å². The Morgan fingerprint density at radius 3 is 2.25 bits per heavy atom. The molecule has 1 amide bonds. The lowest BCUT2D eigenvalue weighted by atomic mass is 10.00. The Balaban J connectivity index is 1.52. The number of benzene rings is 3. The zero-order valence-corrected chi connectivity index (χ0v) is 25.5. The molecule has 0 saturated carbocycles. The Morgan fingerprint density at radius 1 is 0.932 bits per heavy atom. The van der Waals surface area contributed by atoms with E-state index in [0.29, 0.717) is 34.4 Å². The number of anilines is 1. The molecule has 3 aromatic carbocycles. The maximum atomic E-state index is 13.0. The molecule has 1 aliphatic rings. The largest absolute Gasteiger partial charge is 0.494 e. The van der Waals surface area contributed by atoms with Gasteiger partial charge >= 0.3 is 5.97 Å². The molecule has 2 heterocycles. The number of piperazine rings is 1. The fraction of sp³-hybridized carbons (Fsp3) is 0.294. The third-order valence-corrected chi connectivity index (χ3v) is 7.86. The third-order valence-electron chi connectivity index (χ3n) is 7.86. The Hall–Kier alpha value is -4.80. The minimum atomic E-state index is -0.518. The van der Waals surface area contributed by atoms with Gasteiger partial charge in [-0.25, -0.2) is 9.79 Å². The van der Waals surface area contributed by atoms with Crippen LogP contribution in [-0.4, -0.2) is 96.4 Å². The molecule has 0 unspecified atom stereocenters. The van der Waals surface area contributed by atoms with Crippen LogP contribution >= 0.6 is 0 Å². The van der Waals surface area contributed by atoms with Crippen LogP contribution in [0.3, 0.4) is 0 Å². The monoisotopic (exact) mass is 595 g/mol. The van der Waals surface area contributed by atoms with E-state index in [1.807, 2.05) is 54.6 Å². The molecule has 0 spiro atoms. The summed E-state index contributed by atoms with van der Waals surface area (Å²) in [5, 5.41) is 12.0. The highest BCUT2D eigenvalue weighted by molar-refractivity contribution is 6.23. The molecule has 0 atom stereocenters. The lowest BCUT2D eigenvalue weighted by molar-refractivity contribution is -0.119. The second-order valence-electron chi connectivity index (χ2n) is 10.9. The summed E-state index contributed by atoms with van der Waals surface area (Å²) >= 11 is 0. The first-order valence-corrected chi connectivity index (χ1v) is 14.7. The van der Waals surface area contributed by atoms with Crippen molar-refractivity contribution in [3.63, 3.8) is 0 Å². The van der Waals surface area contributed by atoms with Crippen LogP contribution in [0.25, 0.3) is 10.9 Å². The summed E-state index contributed by atoms with van der Waals surface area (Å²) in [6.07, 6.45) is 0. The molecule has 10 nitrogen and oxygen atoms in total. The number of likely N-dealkylation sites (N-methyl/N-ethyl adjacent to an activating group) is 2. The lowest BCUT2D eigenvalue weighted by Crippen LogP contribution is -2.48. The quantitative estimate of drug-likeness (QED) is 0.235. The van der Waals surface area contributed by atoms with Crippen LogP contribution in [0.1, 0.15) is 40.1 Å². The normalized spacial score (nSPS) is 14.5. The average molecular weight is 596 g/mol. The van der Waals surface area contributed by atoms with Gasteiger partial charge in [-0.15, -0.1) is 0 Å². The molecule has 1 fully saturated rings.